The highest BCUT2D eigenvalue weighted by molar-refractivity contribution is 7.98. The molecule has 1 aliphatic heterocycles. The number of furan rings is 1. The molecule has 2 aromatic carbocycles. The van der Waals surface area contributed by atoms with Gasteiger partial charge in [-0.15, -0.1) is 21.5 Å². The van der Waals surface area contributed by atoms with Gasteiger partial charge in [0, 0.05) is 42.3 Å². The molecule has 1 fully saturated rings. The van der Waals surface area contributed by atoms with E-state index in [1.807, 2.05) is 76.4 Å². The largest absolute Gasteiger partial charge is 0.497 e. The first kappa shape index (κ1) is 27.4. The third-order valence-electron chi connectivity index (χ3n) is 6.89. The standard InChI is InChI=1S/C29H27ClN6O3S2/c1-19-5-6-20(30)16-24(19)36-27(25-4-3-15-39-25)32-33-29(36)41-18-26-31-23(17-40-26)28(37)35-13-11-34(12-14-35)21-7-9-22(38-2)10-8-21/h3-10,15-17H,11-14,18H2,1-2H3. The highest BCUT2D eigenvalue weighted by Crippen LogP contribution is 2.33. The minimum atomic E-state index is -0.0373. The van der Waals surface area contributed by atoms with Crippen LogP contribution in [0.3, 0.4) is 0 Å². The molecule has 5 aromatic rings. The molecule has 6 rings (SSSR count). The van der Waals surface area contributed by atoms with Crippen LogP contribution in [0, 0.1) is 6.92 Å². The molecular weight excluding hydrogens is 580 g/mol. The minimum absolute atomic E-state index is 0.0373. The minimum Gasteiger partial charge on any atom is -0.497 e. The Labute approximate surface area is 250 Å². The highest BCUT2D eigenvalue weighted by atomic mass is 35.5. The topological polar surface area (TPSA) is 89.5 Å². The van der Waals surface area contributed by atoms with Crippen LogP contribution in [0.15, 0.2) is 75.8 Å². The quantitative estimate of drug-likeness (QED) is 0.193. The number of aryl methyl sites for hydroxylation is 1. The summed E-state index contributed by atoms with van der Waals surface area (Å²) in [5.74, 6) is 2.53. The number of aromatic nitrogens is 4. The van der Waals surface area contributed by atoms with Gasteiger partial charge in [-0.2, -0.15) is 0 Å². The molecule has 9 nitrogen and oxygen atoms in total. The molecule has 210 valence electrons. The van der Waals surface area contributed by atoms with Crippen LogP contribution in [0.1, 0.15) is 21.1 Å². The first-order chi connectivity index (χ1) is 20.0. The lowest BCUT2D eigenvalue weighted by Crippen LogP contribution is -2.48. The average Bonchev–Trinajstić information content (AvgIpc) is 3.78. The van der Waals surface area contributed by atoms with E-state index in [0.717, 1.165) is 40.8 Å². The number of rotatable bonds is 8. The van der Waals surface area contributed by atoms with E-state index in [-0.39, 0.29) is 5.91 Å². The van der Waals surface area contributed by atoms with Crippen LogP contribution in [-0.4, -0.2) is 63.8 Å². The number of benzene rings is 2. The van der Waals surface area contributed by atoms with Gasteiger partial charge in [-0.3, -0.25) is 9.36 Å². The predicted molar refractivity (Wildman–Crippen MR) is 162 cm³/mol. The predicted octanol–water partition coefficient (Wildman–Crippen LogP) is 6.21. The Morgan fingerprint density at radius 1 is 1.10 bits per heavy atom. The van der Waals surface area contributed by atoms with E-state index < -0.39 is 0 Å². The van der Waals surface area contributed by atoms with Crippen molar-refractivity contribution in [1.82, 2.24) is 24.6 Å². The van der Waals surface area contributed by atoms with Crippen molar-refractivity contribution in [2.75, 3.05) is 38.2 Å². The number of hydrogen-bond donors (Lipinski definition) is 0. The number of halogens is 1. The van der Waals surface area contributed by atoms with Gasteiger partial charge in [0.05, 0.1) is 24.8 Å². The van der Waals surface area contributed by atoms with Gasteiger partial charge in [0.15, 0.2) is 10.9 Å². The molecule has 0 unspecified atom stereocenters. The number of methoxy groups -OCH3 is 1. The number of amides is 1. The van der Waals surface area contributed by atoms with Crippen LogP contribution in [-0.2, 0) is 5.75 Å². The van der Waals surface area contributed by atoms with E-state index in [1.165, 1.54) is 23.1 Å². The number of piperazine rings is 1. The normalized spacial score (nSPS) is 13.5. The van der Waals surface area contributed by atoms with E-state index in [1.54, 1.807) is 13.4 Å². The zero-order chi connectivity index (χ0) is 28.3. The van der Waals surface area contributed by atoms with Crippen molar-refractivity contribution in [3.63, 3.8) is 0 Å². The summed E-state index contributed by atoms with van der Waals surface area (Å²) >= 11 is 9.32. The van der Waals surface area contributed by atoms with Gasteiger partial charge < -0.3 is 19.0 Å². The maximum absolute atomic E-state index is 13.2. The summed E-state index contributed by atoms with van der Waals surface area (Å²) in [6, 6.07) is 17.4. The fraction of sp³-hybridized carbons (Fsp3) is 0.241. The van der Waals surface area contributed by atoms with Crippen molar-refractivity contribution >= 4 is 46.3 Å². The van der Waals surface area contributed by atoms with Crippen LogP contribution in [0.2, 0.25) is 5.02 Å². The van der Waals surface area contributed by atoms with Crippen LogP contribution < -0.4 is 9.64 Å². The second-order valence-corrected chi connectivity index (χ2v) is 11.8. The van der Waals surface area contributed by atoms with Crippen molar-refractivity contribution in [3.8, 4) is 23.0 Å². The molecule has 1 aliphatic rings. The molecule has 1 saturated heterocycles. The zero-order valence-electron chi connectivity index (χ0n) is 22.5. The number of carbonyl (C=O) groups is 1. The van der Waals surface area contributed by atoms with Gasteiger partial charge in [0.1, 0.15) is 16.5 Å². The van der Waals surface area contributed by atoms with Gasteiger partial charge in [-0.1, -0.05) is 29.4 Å². The fourth-order valence-corrected chi connectivity index (χ4v) is 6.59. The first-order valence-corrected chi connectivity index (χ1v) is 15.3. The van der Waals surface area contributed by atoms with Crippen LogP contribution >= 0.6 is 34.7 Å². The molecule has 0 spiro atoms. The van der Waals surface area contributed by atoms with E-state index in [9.17, 15) is 4.79 Å². The molecule has 12 heteroatoms. The zero-order valence-corrected chi connectivity index (χ0v) is 24.9. The van der Waals surface area contributed by atoms with Crippen molar-refractivity contribution in [3.05, 3.63) is 87.5 Å². The molecule has 0 aliphatic carbocycles. The molecule has 1 amide bonds. The Morgan fingerprint density at radius 2 is 1.90 bits per heavy atom. The second kappa shape index (κ2) is 12.0. The molecule has 0 saturated carbocycles. The summed E-state index contributed by atoms with van der Waals surface area (Å²) in [7, 11) is 1.66. The molecular formula is C29H27ClN6O3S2. The van der Waals surface area contributed by atoms with Gasteiger partial charge >= 0.3 is 0 Å². The number of ether oxygens (including phenoxy) is 1. The fourth-order valence-electron chi connectivity index (χ4n) is 4.69. The van der Waals surface area contributed by atoms with Gasteiger partial charge in [-0.05, 0) is 61.0 Å². The number of thiazole rings is 1. The number of nitrogens with zero attached hydrogens (tertiary/aromatic N) is 6. The average molecular weight is 607 g/mol. The number of anilines is 1. The molecule has 3 aromatic heterocycles. The molecule has 0 atom stereocenters. The first-order valence-electron chi connectivity index (χ1n) is 13.0. The maximum atomic E-state index is 13.2. The smallest absolute Gasteiger partial charge is 0.273 e. The van der Waals surface area contributed by atoms with Gasteiger partial charge in [0.25, 0.3) is 5.91 Å². The summed E-state index contributed by atoms with van der Waals surface area (Å²) in [4.78, 5) is 22.1. The number of hydrogen-bond acceptors (Lipinski definition) is 9. The lowest BCUT2D eigenvalue weighted by molar-refractivity contribution is 0.0741. The molecule has 4 heterocycles. The second-order valence-electron chi connectivity index (χ2n) is 9.44. The molecule has 0 N–H and O–H groups in total. The summed E-state index contributed by atoms with van der Waals surface area (Å²) in [6.07, 6.45) is 1.61. The van der Waals surface area contributed by atoms with Crippen LogP contribution in [0.5, 0.6) is 5.75 Å². The van der Waals surface area contributed by atoms with Crippen molar-refractivity contribution in [1.29, 1.82) is 0 Å². The monoisotopic (exact) mass is 606 g/mol. The summed E-state index contributed by atoms with van der Waals surface area (Å²) in [6.45, 7) is 4.83. The van der Waals surface area contributed by atoms with Gasteiger partial charge in [-0.25, -0.2) is 4.98 Å². The maximum Gasteiger partial charge on any atom is 0.273 e. The lowest BCUT2D eigenvalue weighted by Gasteiger charge is -2.35. The summed E-state index contributed by atoms with van der Waals surface area (Å²) < 4.78 is 12.8. The lowest BCUT2D eigenvalue weighted by atomic mass is 10.2. The number of carbonyl (C=O) groups excluding carboxylic acids is 1. The summed E-state index contributed by atoms with van der Waals surface area (Å²) in [5.41, 5.74) is 3.51. The SMILES string of the molecule is COc1ccc(N2CCN(C(=O)c3csc(CSc4nnc(-c5ccco5)n4-c4cc(Cl)ccc4C)n3)CC2)cc1. The van der Waals surface area contributed by atoms with E-state index in [0.29, 0.717) is 46.3 Å². The van der Waals surface area contributed by atoms with Crippen molar-refractivity contribution in [2.24, 2.45) is 0 Å². The Bertz CT molecular complexity index is 1640. The van der Waals surface area contributed by atoms with Crippen LogP contribution in [0.25, 0.3) is 17.3 Å². The van der Waals surface area contributed by atoms with E-state index in [4.69, 9.17) is 20.8 Å². The molecule has 0 bridgehead atoms. The van der Waals surface area contributed by atoms with Gasteiger partial charge in [0.2, 0.25) is 5.82 Å². The Kier molecular flexibility index (Phi) is 8.00. The molecule has 0 radical (unpaired) electrons. The Balaban J connectivity index is 1.13. The van der Waals surface area contributed by atoms with E-state index in [2.05, 4.69) is 20.1 Å². The van der Waals surface area contributed by atoms with E-state index >= 15 is 0 Å². The van der Waals surface area contributed by atoms with Crippen molar-refractivity contribution in [2.45, 2.75) is 17.8 Å². The Morgan fingerprint density at radius 3 is 2.63 bits per heavy atom. The Hall–Kier alpha value is -3.80. The third-order valence-corrected chi connectivity index (χ3v) is 9.09. The number of thioether (sulfide) groups is 1. The highest BCUT2D eigenvalue weighted by Gasteiger charge is 2.25. The third kappa shape index (κ3) is 5.83. The van der Waals surface area contributed by atoms with Crippen molar-refractivity contribution < 1.29 is 13.9 Å². The summed E-state index contributed by atoms with van der Waals surface area (Å²) in [5, 5.41) is 12.9. The molecule has 41 heavy (non-hydrogen) atoms. The van der Waals surface area contributed by atoms with Crippen LogP contribution in [0.4, 0.5) is 5.69 Å².